The van der Waals surface area contributed by atoms with Crippen LogP contribution in [0.1, 0.15) is 23.6 Å². The summed E-state index contributed by atoms with van der Waals surface area (Å²) in [6.07, 6.45) is 0.00902. The van der Waals surface area contributed by atoms with Crippen molar-refractivity contribution in [1.29, 1.82) is 0 Å². The molecule has 0 heterocycles. The topological polar surface area (TPSA) is 87.7 Å². The van der Waals surface area contributed by atoms with E-state index in [1.165, 1.54) is 0 Å². The van der Waals surface area contributed by atoms with Crippen LogP contribution in [0, 0.1) is 0 Å². The SMILES string of the molecule is CN[C@H](CC(=O)O)c1ccc(NCC(=O)OCc2ccccc2)cc1. The molecule has 0 radical (unpaired) electrons. The number of hydrogen-bond donors (Lipinski definition) is 3. The second kappa shape index (κ2) is 9.44. The van der Waals surface area contributed by atoms with Crippen LogP contribution >= 0.6 is 0 Å². The van der Waals surface area contributed by atoms with Crippen molar-refractivity contribution in [3.8, 4) is 0 Å². The Bertz CT molecular complexity index is 686. The van der Waals surface area contributed by atoms with Gasteiger partial charge in [0, 0.05) is 11.7 Å². The Morgan fingerprint density at radius 2 is 1.76 bits per heavy atom. The van der Waals surface area contributed by atoms with Gasteiger partial charge in [-0.1, -0.05) is 42.5 Å². The first-order valence-electron chi connectivity index (χ1n) is 8.01. The molecule has 2 aromatic rings. The standard InChI is InChI=1S/C19H22N2O4/c1-20-17(11-18(22)23)15-7-9-16(10-8-15)21-12-19(24)25-13-14-5-3-2-4-6-14/h2-10,17,20-21H,11-13H2,1H3,(H,22,23)/t17-/m1/s1. The Morgan fingerprint density at radius 3 is 2.36 bits per heavy atom. The van der Waals surface area contributed by atoms with Gasteiger partial charge < -0.3 is 20.5 Å². The Kier molecular flexibility index (Phi) is 6.98. The number of esters is 1. The quantitative estimate of drug-likeness (QED) is 0.607. The fourth-order valence-electron chi connectivity index (χ4n) is 2.36. The first-order valence-corrected chi connectivity index (χ1v) is 8.01. The van der Waals surface area contributed by atoms with Crippen LogP contribution in [0.4, 0.5) is 5.69 Å². The lowest BCUT2D eigenvalue weighted by molar-refractivity contribution is -0.142. The number of carbonyl (C=O) groups excluding carboxylic acids is 1. The van der Waals surface area contributed by atoms with Crippen molar-refractivity contribution in [2.24, 2.45) is 0 Å². The molecule has 0 amide bonds. The van der Waals surface area contributed by atoms with Crippen molar-refractivity contribution >= 4 is 17.6 Å². The molecule has 0 aliphatic heterocycles. The lowest BCUT2D eigenvalue weighted by Gasteiger charge is -2.15. The second-order valence-corrected chi connectivity index (χ2v) is 5.56. The maximum absolute atomic E-state index is 11.8. The highest BCUT2D eigenvalue weighted by molar-refractivity contribution is 5.75. The molecule has 25 heavy (non-hydrogen) atoms. The number of ether oxygens (including phenoxy) is 1. The number of carboxylic acid groups (broad SMARTS) is 1. The van der Waals surface area contributed by atoms with Gasteiger partial charge >= 0.3 is 11.9 Å². The third-order valence-electron chi connectivity index (χ3n) is 3.72. The van der Waals surface area contributed by atoms with E-state index in [2.05, 4.69) is 10.6 Å². The maximum atomic E-state index is 11.8. The van der Waals surface area contributed by atoms with Crippen LogP contribution in [0.3, 0.4) is 0 Å². The number of hydrogen-bond acceptors (Lipinski definition) is 5. The smallest absolute Gasteiger partial charge is 0.325 e. The molecule has 0 aliphatic rings. The largest absolute Gasteiger partial charge is 0.481 e. The number of anilines is 1. The summed E-state index contributed by atoms with van der Waals surface area (Å²) >= 11 is 0. The third-order valence-corrected chi connectivity index (χ3v) is 3.72. The van der Waals surface area contributed by atoms with Gasteiger partial charge in [-0.15, -0.1) is 0 Å². The van der Waals surface area contributed by atoms with E-state index in [0.717, 1.165) is 16.8 Å². The zero-order chi connectivity index (χ0) is 18.1. The fraction of sp³-hybridized carbons (Fsp3) is 0.263. The monoisotopic (exact) mass is 342 g/mol. The van der Waals surface area contributed by atoms with E-state index < -0.39 is 5.97 Å². The Labute approximate surface area is 146 Å². The average molecular weight is 342 g/mol. The minimum Gasteiger partial charge on any atom is -0.481 e. The van der Waals surface area contributed by atoms with Crippen LogP contribution in [0.25, 0.3) is 0 Å². The zero-order valence-electron chi connectivity index (χ0n) is 14.1. The second-order valence-electron chi connectivity index (χ2n) is 5.56. The predicted octanol–water partition coefficient (Wildman–Crippen LogP) is 2.58. The molecule has 0 aliphatic carbocycles. The van der Waals surface area contributed by atoms with E-state index in [9.17, 15) is 9.59 Å². The number of nitrogens with one attached hydrogen (secondary N) is 2. The molecular formula is C19H22N2O4. The predicted molar refractivity (Wildman–Crippen MR) is 95.2 cm³/mol. The van der Waals surface area contributed by atoms with Crippen molar-refractivity contribution in [2.75, 3.05) is 18.9 Å². The molecule has 0 spiro atoms. The summed E-state index contributed by atoms with van der Waals surface area (Å²) in [6, 6.07) is 16.5. The Hall–Kier alpha value is -2.86. The van der Waals surface area contributed by atoms with Gasteiger partial charge in [0.15, 0.2) is 0 Å². The third kappa shape index (κ3) is 6.27. The fourth-order valence-corrected chi connectivity index (χ4v) is 2.36. The van der Waals surface area contributed by atoms with Crippen molar-refractivity contribution in [1.82, 2.24) is 5.32 Å². The van der Waals surface area contributed by atoms with Gasteiger partial charge in [0.25, 0.3) is 0 Å². The van der Waals surface area contributed by atoms with Crippen LogP contribution in [-0.4, -0.2) is 30.6 Å². The van der Waals surface area contributed by atoms with E-state index in [1.54, 1.807) is 7.05 Å². The van der Waals surface area contributed by atoms with Gasteiger partial charge in [-0.3, -0.25) is 9.59 Å². The van der Waals surface area contributed by atoms with Gasteiger partial charge in [-0.25, -0.2) is 0 Å². The van der Waals surface area contributed by atoms with Crippen LogP contribution in [0.2, 0.25) is 0 Å². The molecule has 132 valence electrons. The van der Waals surface area contributed by atoms with Crippen molar-refractivity contribution in [2.45, 2.75) is 19.1 Å². The summed E-state index contributed by atoms with van der Waals surface area (Å²) in [5.74, 6) is -1.20. The molecule has 3 N–H and O–H groups in total. The van der Waals surface area contributed by atoms with Gasteiger partial charge in [-0.2, -0.15) is 0 Å². The van der Waals surface area contributed by atoms with Crippen molar-refractivity contribution in [3.05, 3.63) is 65.7 Å². The van der Waals surface area contributed by atoms with Gasteiger partial charge in [0.05, 0.1) is 6.42 Å². The van der Waals surface area contributed by atoms with Crippen molar-refractivity contribution < 1.29 is 19.4 Å². The summed E-state index contributed by atoms with van der Waals surface area (Å²) in [7, 11) is 1.72. The zero-order valence-corrected chi connectivity index (χ0v) is 14.1. The lowest BCUT2D eigenvalue weighted by Crippen LogP contribution is -2.20. The molecule has 6 nitrogen and oxygen atoms in total. The van der Waals surface area contributed by atoms with Gasteiger partial charge in [0.2, 0.25) is 0 Å². The average Bonchev–Trinajstić information content (AvgIpc) is 2.64. The summed E-state index contributed by atoms with van der Waals surface area (Å²) in [4.78, 5) is 22.6. The van der Waals surface area contributed by atoms with Crippen LogP contribution in [0.15, 0.2) is 54.6 Å². The number of carbonyl (C=O) groups is 2. The first kappa shape index (κ1) is 18.5. The van der Waals surface area contributed by atoms with Gasteiger partial charge in [0.1, 0.15) is 13.2 Å². The molecule has 6 heteroatoms. The molecule has 0 saturated carbocycles. The van der Waals surface area contributed by atoms with E-state index in [-0.39, 0.29) is 31.6 Å². The molecular weight excluding hydrogens is 320 g/mol. The molecule has 1 atom stereocenters. The van der Waals surface area contributed by atoms with E-state index in [1.807, 2.05) is 54.6 Å². The summed E-state index contributed by atoms with van der Waals surface area (Å²) in [6.45, 7) is 0.316. The summed E-state index contributed by atoms with van der Waals surface area (Å²) in [5, 5.41) is 14.9. The van der Waals surface area contributed by atoms with Crippen LogP contribution < -0.4 is 10.6 Å². The first-order chi connectivity index (χ1) is 12.1. The van der Waals surface area contributed by atoms with E-state index in [4.69, 9.17) is 9.84 Å². The maximum Gasteiger partial charge on any atom is 0.325 e. The van der Waals surface area contributed by atoms with E-state index in [0.29, 0.717) is 0 Å². The number of aliphatic carboxylic acids is 1. The van der Waals surface area contributed by atoms with Crippen LogP contribution in [0.5, 0.6) is 0 Å². The Balaban J connectivity index is 1.80. The lowest BCUT2D eigenvalue weighted by atomic mass is 10.0. The summed E-state index contributed by atoms with van der Waals surface area (Å²) < 4.78 is 5.20. The molecule has 2 rings (SSSR count). The van der Waals surface area contributed by atoms with E-state index >= 15 is 0 Å². The molecule has 2 aromatic carbocycles. The Morgan fingerprint density at radius 1 is 1.08 bits per heavy atom. The molecule has 0 unspecified atom stereocenters. The highest BCUT2D eigenvalue weighted by atomic mass is 16.5. The van der Waals surface area contributed by atoms with Gasteiger partial charge in [-0.05, 0) is 30.3 Å². The number of benzene rings is 2. The number of rotatable bonds is 9. The number of carboxylic acids is 1. The minimum absolute atomic E-state index is 0.00902. The highest BCUT2D eigenvalue weighted by Gasteiger charge is 2.13. The highest BCUT2D eigenvalue weighted by Crippen LogP contribution is 2.19. The molecule has 0 saturated heterocycles. The normalized spacial score (nSPS) is 11.6. The van der Waals surface area contributed by atoms with Crippen LogP contribution in [-0.2, 0) is 20.9 Å². The minimum atomic E-state index is -0.859. The molecule has 0 fully saturated rings. The molecule has 0 bridgehead atoms. The molecule has 0 aromatic heterocycles. The van der Waals surface area contributed by atoms with Crippen molar-refractivity contribution in [3.63, 3.8) is 0 Å². The summed E-state index contributed by atoms with van der Waals surface area (Å²) in [5.41, 5.74) is 2.59.